The van der Waals surface area contributed by atoms with Crippen LogP contribution in [0.1, 0.15) is 35.6 Å². The minimum atomic E-state index is -0.358. The monoisotopic (exact) mass is 429 g/mol. The zero-order valence-corrected chi connectivity index (χ0v) is 18.5. The van der Waals surface area contributed by atoms with Gasteiger partial charge in [-0.1, -0.05) is 72.8 Å². The number of carbonyl (C=O) groups is 1. The van der Waals surface area contributed by atoms with Crippen molar-refractivity contribution in [2.24, 2.45) is 0 Å². The van der Waals surface area contributed by atoms with E-state index in [1.807, 2.05) is 67.7 Å². The Bertz CT molecular complexity index is 929. The Kier molecular flexibility index (Phi) is 7.41. The molecule has 0 aromatic heterocycles. The number of benzene rings is 3. The summed E-state index contributed by atoms with van der Waals surface area (Å²) in [5.74, 6) is 0. The summed E-state index contributed by atoms with van der Waals surface area (Å²) in [5.41, 5.74) is 4.50. The molecule has 32 heavy (non-hydrogen) atoms. The molecule has 0 radical (unpaired) electrons. The van der Waals surface area contributed by atoms with Crippen molar-refractivity contribution >= 4 is 11.8 Å². The summed E-state index contributed by atoms with van der Waals surface area (Å²) in [6, 6.07) is 28.3. The molecule has 1 heterocycles. The average Bonchev–Trinajstić information content (AvgIpc) is 2.85. The van der Waals surface area contributed by atoms with Crippen LogP contribution in [0.15, 0.2) is 84.9 Å². The fourth-order valence-electron chi connectivity index (χ4n) is 4.17. The molecule has 4 rings (SSSR count). The fourth-order valence-corrected chi connectivity index (χ4v) is 4.17. The minimum absolute atomic E-state index is 0.0508. The highest BCUT2D eigenvalue weighted by atomic mass is 16.6. The largest absolute Gasteiger partial charge is 0.446 e. The van der Waals surface area contributed by atoms with E-state index in [0.29, 0.717) is 0 Å². The summed E-state index contributed by atoms with van der Waals surface area (Å²) in [6.45, 7) is 2.77. The fraction of sp³-hybridized carbons (Fsp3) is 0.296. The summed E-state index contributed by atoms with van der Waals surface area (Å²) < 4.78 is 5.81. The summed E-state index contributed by atoms with van der Waals surface area (Å²) in [6.07, 6.45) is 1.29. The highest BCUT2D eigenvalue weighted by Gasteiger charge is 2.24. The number of ether oxygens (including phenoxy) is 1. The van der Waals surface area contributed by atoms with Crippen molar-refractivity contribution < 1.29 is 9.53 Å². The van der Waals surface area contributed by atoms with E-state index in [9.17, 15) is 4.79 Å². The summed E-state index contributed by atoms with van der Waals surface area (Å²) in [7, 11) is 1.93. The van der Waals surface area contributed by atoms with E-state index in [4.69, 9.17) is 4.74 Å². The predicted molar refractivity (Wildman–Crippen MR) is 129 cm³/mol. The van der Waals surface area contributed by atoms with E-state index in [1.54, 1.807) is 0 Å². The molecule has 0 aliphatic carbocycles. The van der Waals surface area contributed by atoms with Gasteiger partial charge in [-0.05, 0) is 41.7 Å². The molecule has 3 aromatic rings. The first-order valence-electron chi connectivity index (χ1n) is 11.3. The van der Waals surface area contributed by atoms with E-state index in [1.165, 1.54) is 5.56 Å². The highest BCUT2D eigenvalue weighted by molar-refractivity contribution is 5.69. The molecule has 2 N–H and O–H groups in total. The number of carbonyl (C=O) groups excluding carboxylic acids is 1. The second-order valence-electron chi connectivity index (χ2n) is 8.23. The van der Waals surface area contributed by atoms with E-state index in [2.05, 4.69) is 39.8 Å². The zero-order valence-electron chi connectivity index (χ0n) is 18.5. The third-order valence-electron chi connectivity index (χ3n) is 5.99. The van der Waals surface area contributed by atoms with Gasteiger partial charge >= 0.3 is 6.09 Å². The molecule has 0 spiro atoms. The Morgan fingerprint density at radius 3 is 2.00 bits per heavy atom. The van der Waals surface area contributed by atoms with Gasteiger partial charge in [0.15, 0.2) is 0 Å². The van der Waals surface area contributed by atoms with Crippen LogP contribution in [-0.4, -0.2) is 37.2 Å². The Labute approximate surface area is 190 Å². The van der Waals surface area contributed by atoms with E-state index in [-0.39, 0.29) is 18.2 Å². The number of nitrogens with zero attached hydrogens (tertiary/aromatic N) is 1. The lowest BCUT2D eigenvalue weighted by Gasteiger charge is -2.32. The molecule has 166 valence electrons. The topological polar surface area (TPSA) is 53.6 Å². The molecular weight excluding hydrogens is 398 g/mol. The predicted octanol–water partition coefficient (Wildman–Crippen LogP) is 5.21. The van der Waals surface area contributed by atoms with Gasteiger partial charge in [0, 0.05) is 32.4 Å². The average molecular weight is 430 g/mol. The Hall–Kier alpha value is -3.31. The molecule has 0 unspecified atom stereocenters. The standard InChI is InChI=1S/C27H31N3O2/c1-28-24-14-12-21(13-15-24)20-30-18-16-25(17-19-30)32-27(31)29-26(22-8-4-2-5-9-22)23-10-6-3-7-11-23/h2-15,25-26,28H,16-20H2,1H3,(H,29,31). The number of anilines is 1. The van der Waals surface area contributed by atoms with Gasteiger partial charge in [0.05, 0.1) is 6.04 Å². The molecule has 5 heteroatoms. The van der Waals surface area contributed by atoms with Crippen molar-refractivity contribution in [2.45, 2.75) is 31.5 Å². The number of likely N-dealkylation sites (tertiary alicyclic amines) is 1. The molecule has 3 aromatic carbocycles. The van der Waals surface area contributed by atoms with Crippen LogP contribution in [0.5, 0.6) is 0 Å². The van der Waals surface area contributed by atoms with Crippen molar-refractivity contribution in [1.82, 2.24) is 10.2 Å². The molecule has 5 nitrogen and oxygen atoms in total. The van der Waals surface area contributed by atoms with Gasteiger partial charge in [-0.15, -0.1) is 0 Å². The Balaban J connectivity index is 1.30. The zero-order chi connectivity index (χ0) is 22.2. The van der Waals surface area contributed by atoms with Gasteiger partial charge in [-0.25, -0.2) is 4.79 Å². The Morgan fingerprint density at radius 1 is 0.906 bits per heavy atom. The van der Waals surface area contributed by atoms with Crippen molar-refractivity contribution in [1.29, 1.82) is 0 Å². The van der Waals surface area contributed by atoms with Crippen LogP contribution >= 0.6 is 0 Å². The molecular formula is C27H31N3O2. The van der Waals surface area contributed by atoms with Gasteiger partial charge in [-0.2, -0.15) is 0 Å². The molecule has 0 atom stereocenters. The smallest absolute Gasteiger partial charge is 0.408 e. The van der Waals surface area contributed by atoms with Gasteiger partial charge in [0.2, 0.25) is 0 Å². The summed E-state index contributed by atoms with van der Waals surface area (Å²) in [5, 5.41) is 6.23. The van der Waals surface area contributed by atoms with E-state index < -0.39 is 0 Å². The van der Waals surface area contributed by atoms with Crippen LogP contribution in [0.3, 0.4) is 0 Å². The van der Waals surface area contributed by atoms with Crippen molar-refractivity contribution in [3.8, 4) is 0 Å². The normalized spacial score (nSPS) is 14.8. The maximum absolute atomic E-state index is 12.7. The van der Waals surface area contributed by atoms with Crippen molar-refractivity contribution in [3.05, 3.63) is 102 Å². The number of piperidine rings is 1. The first-order chi connectivity index (χ1) is 15.7. The number of alkyl carbamates (subject to hydrolysis) is 1. The van der Waals surface area contributed by atoms with Gasteiger partial charge in [-0.3, -0.25) is 4.90 Å². The van der Waals surface area contributed by atoms with Gasteiger partial charge in [0.1, 0.15) is 6.10 Å². The third kappa shape index (κ3) is 5.89. The van der Waals surface area contributed by atoms with Crippen LogP contribution in [0, 0.1) is 0 Å². The lowest BCUT2D eigenvalue weighted by Crippen LogP contribution is -2.40. The molecule has 1 amide bonds. The van der Waals surface area contributed by atoms with Crippen LogP contribution in [0.4, 0.5) is 10.5 Å². The lowest BCUT2D eigenvalue weighted by molar-refractivity contribution is 0.0476. The van der Waals surface area contributed by atoms with Crippen molar-refractivity contribution in [2.75, 3.05) is 25.5 Å². The van der Waals surface area contributed by atoms with E-state index in [0.717, 1.165) is 49.3 Å². The second-order valence-corrected chi connectivity index (χ2v) is 8.23. The first kappa shape index (κ1) is 21.9. The highest BCUT2D eigenvalue weighted by Crippen LogP contribution is 2.23. The van der Waals surface area contributed by atoms with E-state index >= 15 is 0 Å². The number of amides is 1. The number of hydrogen-bond acceptors (Lipinski definition) is 4. The molecule has 1 saturated heterocycles. The molecule has 1 aliphatic rings. The molecule has 0 saturated carbocycles. The second kappa shape index (κ2) is 10.8. The summed E-state index contributed by atoms with van der Waals surface area (Å²) in [4.78, 5) is 15.2. The number of rotatable bonds is 7. The van der Waals surface area contributed by atoms with Gasteiger partial charge < -0.3 is 15.4 Å². The van der Waals surface area contributed by atoms with Crippen LogP contribution in [0.25, 0.3) is 0 Å². The van der Waals surface area contributed by atoms with Crippen LogP contribution < -0.4 is 10.6 Å². The van der Waals surface area contributed by atoms with Crippen molar-refractivity contribution in [3.63, 3.8) is 0 Å². The SMILES string of the molecule is CNc1ccc(CN2CCC(OC(=O)NC(c3ccccc3)c3ccccc3)CC2)cc1. The number of hydrogen-bond donors (Lipinski definition) is 2. The first-order valence-corrected chi connectivity index (χ1v) is 11.3. The Morgan fingerprint density at radius 2 is 1.47 bits per heavy atom. The van der Waals surface area contributed by atoms with Crippen LogP contribution in [0.2, 0.25) is 0 Å². The minimum Gasteiger partial charge on any atom is -0.446 e. The molecule has 1 fully saturated rings. The molecule has 1 aliphatic heterocycles. The maximum Gasteiger partial charge on any atom is 0.408 e. The molecule has 0 bridgehead atoms. The maximum atomic E-state index is 12.7. The third-order valence-corrected chi connectivity index (χ3v) is 5.99. The summed E-state index contributed by atoms with van der Waals surface area (Å²) >= 11 is 0. The number of nitrogens with one attached hydrogen (secondary N) is 2. The van der Waals surface area contributed by atoms with Gasteiger partial charge in [0.25, 0.3) is 0 Å². The lowest BCUT2D eigenvalue weighted by atomic mass is 9.99. The van der Waals surface area contributed by atoms with Crippen LogP contribution in [-0.2, 0) is 11.3 Å². The quantitative estimate of drug-likeness (QED) is 0.541.